The second-order valence-corrected chi connectivity index (χ2v) is 6.38. The topological polar surface area (TPSA) is 21.3 Å². The SMILES string of the molecule is CCCNC(CC1CC1)c1cc(Br)c(C)cc1OC. The molecule has 1 unspecified atom stereocenters. The number of nitrogens with one attached hydrogen (secondary N) is 1. The van der Waals surface area contributed by atoms with Crippen LogP contribution in [0.15, 0.2) is 16.6 Å². The van der Waals surface area contributed by atoms with Gasteiger partial charge >= 0.3 is 0 Å². The van der Waals surface area contributed by atoms with E-state index in [1.165, 1.54) is 34.9 Å². The highest BCUT2D eigenvalue weighted by atomic mass is 79.9. The molecule has 2 nitrogen and oxygen atoms in total. The largest absolute Gasteiger partial charge is 0.496 e. The van der Waals surface area contributed by atoms with Gasteiger partial charge in [-0.3, -0.25) is 0 Å². The average Bonchev–Trinajstić information content (AvgIpc) is 3.21. The van der Waals surface area contributed by atoms with Crippen LogP contribution in [0.1, 0.15) is 49.8 Å². The molecule has 0 aliphatic heterocycles. The lowest BCUT2D eigenvalue weighted by Crippen LogP contribution is -2.23. The van der Waals surface area contributed by atoms with E-state index in [4.69, 9.17) is 4.74 Å². The third-order valence-electron chi connectivity index (χ3n) is 3.79. The first-order valence-electron chi connectivity index (χ1n) is 7.23. The Morgan fingerprint density at radius 2 is 2.16 bits per heavy atom. The minimum Gasteiger partial charge on any atom is -0.496 e. The van der Waals surface area contributed by atoms with Crippen molar-refractivity contribution in [2.45, 2.75) is 45.6 Å². The van der Waals surface area contributed by atoms with E-state index in [1.54, 1.807) is 7.11 Å². The van der Waals surface area contributed by atoms with Crippen LogP contribution in [0.4, 0.5) is 0 Å². The van der Waals surface area contributed by atoms with Crippen molar-refractivity contribution in [1.82, 2.24) is 5.32 Å². The van der Waals surface area contributed by atoms with Crippen LogP contribution in [0.25, 0.3) is 0 Å². The molecule has 1 saturated carbocycles. The Kier molecular flexibility index (Phi) is 5.28. The van der Waals surface area contributed by atoms with Crippen LogP contribution in [-0.2, 0) is 0 Å². The molecule has 3 heteroatoms. The van der Waals surface area contributed by atoms with E-state index in [1.807, 2.05) is 0 Å². The maximum Gasteiger partial charge on any atom is 0.123 e. The summed E-state index contributed by atoms with van der Waals surface area (Å²) in [6.07, 6.45) is 5.17. The maximum atomic E-state index is 5.58. The summed E-state index contributed by atoms with van der Waals surface area (Å²) in [4.78, 5) is 0. The lowest BCUT2D eigenvalue weighted by Gasteiger charge is -2.22. The minimum atomic E-state index is 0.416. The van der Waals surface area contributed by atoms with Gasteiger partial charge in [-0.2, -0.15) is 0 Å². The summed E-state index contributed by atoms with van der Waals surface area (Å²) in [5.41, 5.74) is 2.52. The molecule has 0 bridgehead atoms. The fraction of sp³-hybridized carbons (Fsp3) is 0.625. The van der Waals surface area contributed by atoms with Crippen molar-refractivity contribution in [3.63, 3.8) is 0 Å². The van der Waals surface area contributed by atoms with Crippen molar-refractivity contribution < 1.29 is 4.74 Å². The van der Waals surface area contributed by atoms with Gasteiger partial charge in [-0.1, -0.05) is 35.7 Å². The second kappa shape index (κ2) is 6.76. The van der Waals surface area contributed by atoms with E-state index in [0.717, 1.165) is 24.6 Å². The van der Waals surface area contributed by atoms with Gasteiger partial charge in [0.1, 0.15) is 5.75 Å². The highest BCUT2D eigenvalue weighted by Gasteiger charge is 2.27. The van der Waals surface area contributed by atoms with E-state index in [2.05, 4.69) is 47.2 Å². The van der Waals surface area contributed by atoms with E-state index >= 15 is 0 Å². The number of aryl methyl sites for hydroxylation is 1. The number of hydrogen-bond donors (Lipinski definition) is 1. The first-order chi connectivity index (χ1) is 9.15. The summed E-state index contributed by atoms with van der Waals surface area (Å²) in [5, 5.41) is 3.68. The third kappa shape index (κ3) is 3.96. The van der Waals surface area contributed by atoms with Crippen LogP contribution in [0, 0.1) is 12.8 Å². The van der Waals surface area contributed by atoms with Crippen LogP contribution < -0.4 is 10.1 Å². The molecule has 1 fully saturated rings. The van der Waals surface area contributed by atoms with Gasteiger partial charge < -0.3 is 10.1 Å². The van der Waals surface area contributed by atoms with E-state index in [-0.39, 0.29) is 0 Å². The molecule has 1 aliphatic rings. The van der Waals surface area contributed by atoms with Gasteiger partial charge in [-0.15, -0.1) is 0 Å². The van der Waals surface area contributed by atoms with Crippen molar-refractivity contribution in [2.24, 2.45) is 5.92 Å². The Morgan fingerprint density at radius 1 is 1.42 bits per heavy atom. The van der Waals surface area contributed by atoms with Crippen molar-refractivity contribution in [3.05, 3.63) is 27.7 Å². The Labute approximate surface area is 125 Å². The number of hydrogen-bond acceptors (Lipinski definition) is 2. The fourth-order valence-corrected chi connectivity index (χ4v) is 2.81. The standard InChI is InChI=1S/C16H24BrNO/c1-4-7-18-15(9-12-5-6-12)13-10-14(17)11(2)8-16(13)19-3/h8,10,12,15,18H,4-7,9H2,1-3H3. The molecule has 1 atom stereocenters. The van der Waals surface area contributed by atoms with Crippen molar-refractivity contribution in [3.8, 4) is 5.75 Å². The fourth-order valence-electron chi connectivity index (χ4n) is 2.45. The summed E-state index contributed by atoms with van der Waals surface area (Å²) >= 11 is 3.64. The molecular formula is C16H24BrNO. The predicted octanol–water partition coefficient (Wildman–Crippen LogP) is 4.61. The molecule has 1 N–H and O–H groups in total. The van der Waals surface area contributed by atoms with E-state index in [9.17, 15) is 0 Å². The lowest BCUT2D eigenvalue weighted by atomic mass is 9.98. The zero-order valence-electron chi connectivity index (χ0n) is 12.1. The average molecular weight is 326 g/mol. The van der Waals surface area contributed by atoms with Crippen LogP contribution in [-0.4, -0.2) is 13.7 Å². The van der Waals surface area contributed by atoms with Crippen molar-refractivity contribution in [1.29, 1.82) is 0 Å². The molecule has 1 aromatic rings. The van der Waals surface area contributed by atoms with Crippen LogP contribution in [0.3, 0.4) is 0 Å². The number of halogens is 1. The number of ether oxygens (including phenoxy) is 1. The molecule has 0 radical (unpaired) electrons. The third-order valence-corrected chi connectivity index (χ3v) is 4.65. The van der Waals surface area contributed by atoms with Crippen LogP contribution in [0.2, 0.25) is 0 Å². The summed E-state index contributed by atoms with van der Waals surface area (Å²) < 4.78 is 6.75. The molecule has 19 heavy (non-hydrogen) atoms. The maximum absolute atomic E-state index is 5.58. The van der Waals surface area contributed by atoms with Gasteiger partial charge in [0.15, 0.2) is 0 Å². The molecule has 2 rings (SSSR count). The van der Waals surface area contributed by atoms with Crippen LogP contribution >= 0.6 is 15.9 Å². The smallest absolute Gasteiger partial charge is 0.123 e. The summed E-state index contributed by atoms with van der Waals surface area (Å²) in [6, 6.07) is 4.77. The molecule has 0 aromatic heterocycles. The summed E-state index contributed by atoms with van der Waals surface area (Å²) in [7, 11) is 1.76. The van der Waals surface area contributed by atoms with Gasteiger partial charge in [-0.25, -0.2) is 0 Å². The number of rotatable bonds is 7. The Hall–Kier alpha value is -0.540. The predicted molar refractivity (Wildman–Crippen MR) is 83.8 cm³/mol. The van der Waals surface area contributed by atoms with Gasteiger partial charge in [0.25, 0.3) is 0 Å². The van der Waals surface area contributed by atoms with Gasteiger partial charge in [0.2, 0.25) is 0 Å². The molecular weight excluding hydrogens is 302 g/mol. The normalized spacial score (nSPS) is 16.4. The molecule has 0 heterocycles. The molecule has 0 saturated heterocycles. The molecule has 1 aliphatic carbocycles. The van der Waals surface area contributed by atoms with Crippen molar-refractivity contribution >= 4 is 15.9 Å². The highest BCUT2D eigenvalue weighted by molar-refractivity contribution is 9.10. The molecule has 1 aromatic carbocycles. The van der Waals surface area contributed by atoms with E-state index in [0.29, 0.717) is 6.04 Å². The Morgan fingerprint density at radius 3 is 2.74 bits per heavy atom. The zero-order chi connectivity index (χ0) is 13.8. The summed E-state index contributed by atoms with van der Waals surface area (Å²) in [6.45, 7) is 5.38. The zero-order valence-corrected chi connectivity index (χ0v) is 13.7. The molecule has 0 spiro atoms. The highest BCUT2D eigenvalue weighted by Crippen LogP contribution is 2.40. The van der Waals surface area contributed by atoms with Gasteiger partial charge in [0, 0.05) is 16.1 Å². The quantitative estimate of drug-likeness (QED) is 0.790. The lowest BCUT2D eigenvalue weighted by molar-refractivity contribution is 0.390. The van der Waals surface area contributed by atoms with Gasteiger partial charge in [0.05, 0.1) is 7.11 Å². The first kappa shape index (κ1) is 14.9. The number of benzene rings is 1. The van der Waals surface area contributed by atoms with Crippen molar-refractivity contribution in [2.75, 3.05) is 13.7 Å². The first-order valence-corrected chi connectivity index (χ1v) is 8.02. The molecule has 0 amide bonds. The number of methoxy groups -OCH3 is 1. The van der Waals surface area contributed by atoms with E-state index < -0.39 is 0 Å². The monoisotopic (exact) mass is 325 g/mol. The molecule has 106 valence electrons. The van der Waals surface area contributed by atoms with Crippen LogP contribution in [0.5, 0.6) is 5.75 Å². The second-order valence-electron chi connectivity index (χ2n) is 5.53. The Bertz CT molecular complexity index is 429. The summed E-state index contributed by atoms with van der Waals surface area (Å²) in [5.74, 6) is 1.91. The van der Waals surface area contributed by atoms with Gasteiger partial charge in [-0.05, 0) is 49.9 Å². The minimum absolute atomic E-state index is 0.416. The Balaban J connectivity index is 2.24.